The molecule has 0 saturated carbocycles. The zero-order valence-electron chi connectivity index (χ0n) is 37.0. The van der Waals surface area contributed by atoms with Crippen molar-refractivity contribution in [2.45, 2.75) is 186 Å². The second-order valence-corrected chi connectivity index (χ2v) is 16.0. The highest BCUT2D eigenvalue weighted by atomic mass is 16.4. The van der Waals surface area contributed by atoms with E-state index < -0.39 is 66.2 Å². The fraction of sp³-hybridized carbons (Fsp3) is 0.810. The number of amides is 6. The number of aliphatic carboxylic acids is 1. The number of aliphatic imine (C=N–C) groups is 1. The lowest BCUT2D eigenvalue weighted by molar-refractivity contribution is -0.138. The van der Waals surface area contributed by atoms with Crippen LogP contribution < -0.4 is 49.1 Å². The molecule has 13 N–H and O–H groups in total. The van der Waals surface area contributed by atoms with Gasteiger partial charge in [0.05, 0.1) is 6.54 Å². The number of likely N-dealkylation sites (N-methyl/N-ethyl adjacent to an activating group) is 1. The van der Waals surface area contributed by atoms with Gasteiger partial charge in [-0.15, -0.1) is 0 Å². The molecule has 0 bridgehead atoms. The Hall–Kier alpha value is -4.48. The van der Waals surface area contributed by atoms with Crippen molar-refractivity contribution in [1.82, 2.24) is 31.9 Å². The number of hydrogen-bond donors (Lipinski definition) is 10. The fourth-order valence-corrected chi connectivity index (χ4v) is 6.60. The highest BCUT2D eigenvalue weighted by Gasteiger charge is 2.30. The third-order valence-corrected chi connectivity index (χ3v) is 9.99. The monoisotopic (exact) mass is 853 g/mol. The Balaban J connectivity index is 5.36. The first-order valence-corrected chi connectivity index (χ1v) is 22.3. The molecule has 0 aliphatic heterocycles. The molecule has 346 valence electrons. The van der Waals surface area contributed by atoms with Crippen molar-refractivity contribution in [2.24, 2.45) is 28.1 Å². The smallest absolute Gasteiger partial charge is 0.303 e. The van der Waals surface area contributed by atoms with Crippen molar-refractivity contribution >= 4 is 47.4 Å². The highest BCUT2D eigenvalue weighted by molar-refractivity contribution is 5.95. The molecule has 4 atom stereocenters. The normalized spacial score (nSPS) is 13.0. The fourth-order valence-electron chi connectivity index (χ4n) is 6.60. The number of unbranched alkanes of at least 4 members (excludes halogenated alkanes) is 13. The zero-order valence-corrected chi connectivity index (χ0v) is 37.0. The van der Waals surface area contributed by atoms with E-state index in [9.17, 15) is 38.7 Å². The summed E-state index contributed by atoms with van der Waals surface area (Å²) in [5, 5.41) is 24.9. The minimum atomic E-state index is -1.18. The summed E-state index contributed by atoms with van der Waals surface area (Å²) in [5.41, 5.74) is 16.5. The first-order chi connectivity index (χ1) is 28.6. The van der Waals surface area contributed by atoms with Crippen LogP contribution in [-0.2, 0) is 33.6 Å². The quantitative estimate of drug-likeness (QED) is 0.0246. The molecule has 0 radical (unpaired) electrons. The predicted octanol–water partition coefficient (Wildman–Crippen LogP) is 2.36. The van der Waals surface area contributed by atoms with Gasteiger partial charge in [-0.05, 0) is 63.8 Å². The molecule has 18 heteroatoms. The number of nitrogens with two attached hydrogens (primary N) is 3. The molecule has 0 aromatic rings. The van der Waals surface area contributed by atoms with Crippen LogP contribution in [0.5, 0.6) is 0 Å². The van der Waals surface area contributed by atoms with Crippen LogP contribution in [0.4, 0.5) is 0 Å². The second kappa shape index (κ2) is 35.3. The number of guanidine groups is 1. The number of hydrogen-bond acceptors (Lipinski definition) is 9. The SMILES string of the molecule is CCCCCCCCCCCCCCCC(=O)NC(CCC(=O)O)C(=O)NCC(=O)N[C@@H](CC(C)C)C(=O)N[C@@H](CCCN=C(N)N)C(=O)N[C@@H](CCCCN)C(=O)NC. The van der Waals surface area contributed by atoms with Gasteiger partial charge in [-0.3, -0.25) is 38.6 Å². The van der Waals surface area contributed by atoms with E-state index >= 15 is 0 Å². The van der Waals surface area contributed by atoms with Crippen molar-refractivity contribution in [1.29, 1.82) is 0 Å². The van der Waals surface area contributed by atoms with Gasteiger partial charge < -0.3 is 54.2 Å². The summed E-state index contributed by atoms with van der Waals surface area (Å²) in [6.45, 7) is 5.95. The van der Waals surface area contributed by atoms with Crippen LogP contribution in [-0.4, -0.2) is 103 Å². The first-order valence-electron chi connectivity index (χ1n) is 22.3. The van der Waals surface area contributed by atoms with Crippen molar-refractivity contribution in [2.75, 3.05) is 26.7 Å². The van der Waals surface area contributed by atoms with Gasteiger partial charge in [0.25, 0.3) is 0 Å². The third-order valence-electron chi connectivity index (χ3n) is 9.99. The van der Waals surface area contributed by atoms with E-state index in [1.807, 2.05) is 13.8 Å². The van der Waals surface area contributed by atoms with Crippen LogP contribution >= 0.6 is 0 Å². The summed E-state index contributed by atoms with van der Waals surface area (Å²) in [4.78, 5) is 94.0. The van der Waals surface area contributed by atoms with Crippen molar-refractivity contribution in [3.8, 4) is 0 Å². The van der Waals surface area contributed by atoms with E-state index in [0.29, 0.717) is 38.6 Å². The molecular formula is C42H80N10O8. The zero-order chi connectivity index (χ0) is 45.1. The Kier molecular flexibility index (Phi) is 32.7. The van der Waals surface area contributed by atoms with Gasteiger partial charge in [-0.2, -0.15) is 0 Å². The topological polar surface area (TPSA) is 302 Å². The van der Waals surface area contributed by atoms with Crippen LogP contribution in [0.25, 0.3) is 0 Å². The van der Waals surface area contributed by atoms with Gasteiger partial charge in [0.15, 0.2) is 5.96 Å². The van der Waals surface area contributed by atoms with E-state index in [0.717, 1.165) is 19.3 Å². The molecule has 0 spiro atoms. The maximum Gasteiger partial charge on any atom is 0.303 e. The minimum Gasteiger partial charge on any atom is -0.481 e. The maximum atomic E-state index is 13.7. The third kappa shape index (κ3) is 29.7. The summed E-state index contributed by atoms with van der Waals surface area (Å²) in [6, 6.07) is -4.27. The first kappa shape index (κ1) is 55.5. The Morgan fingerprint density at radius 2 is 1.07 bits per heavy atom. The Morgan fingerprint density at radius 1 is 0.567 bits per heavy atom. The molecule has 0 aliphatic carbocycles. The summed E-state index contributed by atoms with van der Waals surface area (Å²) in [7, 11) is 1.45. The standard InChI is InChI=1S/C42H80N10O8/c1-5-6-7-8-9-10-11-12-13-14-15-16-17-23-35(53)49-33(24-25-37(55)56)39(58)48-29-36(54)50-34(28-30(2)3)41(60)52-32(22-20-27-47-42(44)45)40(59)51-31(38(57)46-4)21-18-19-26-43/h30-34H,5-29,43H2,1-4H3,(H,46,57)(H,48,58)(H,49,53)(H,50,54)(H,51,59)(H,52,60)(H,55,56)(H4,44,45,47)/t31-,32-,33?,34-/m0/s1. The van der Waals surface area contributed by atoms with Crippen LogP contribution in [0, 0.1) is 5.92 Å². The Morgan fingerprint density at radius 3 is 1.58 bits per heavy atom. The van der Waals surface area contributed by atoms with Crippen LogP contribution in [0.3, 0.4) is 0 Å². The van der Waals surface area contributed by atoms with Gasteiger partial charge in [0.2, 0.25) is 35.4 Å². The predicted molar refractivity (Wildman–Crippen MR) is 234 cm³/mol. The van der Waals surface area contributed by atoms with E-state index in [2.05, 4.69) is 43.8 Å². The van der Waals surface area contributed by atoms with E-state index in [1.54, 1.807) is 0 Å². The number of carbonyl (C=O) groups is 7. The van der Waals surface area contributed by atoms with Crippen molar-refractivity contribution in [3.05, 3.63) is 0 Å². The average Bonchev–Trinajstić information content (AvgIpc) is 3.19. The van der Waals surface area contributed by atoms with Crippen molar-refractivity contribution < 1.29 is 38.7 Å². The summed E-state index contributed by atoms with van der Waals surface area (Å²) < 4.78 is 0. The summed E-state index contributed by atoms with van der Waals surface area (Å²) >= 11 is 0. The van der Waals surface area contributed by atoms with Crippen LogP contribution in [0.2, 0.25) is 0 Å². The van der Waals surface area contributed by atoms with Gasteiger partial charge in [0, 0.05) is 26.4 Å². The van der Waals surface area contributed by atoms with Gasteiger partial charge in [-0.1, -0.05) is 97.8 Å². The average molecular weight is 853 g/mol. The number of carboxylic acid groups (broad SMARTS) is 1. The molecule has 18 nitrogen and oxygen atoms in total. The summed E-state index contributed by atoms with van der Waals surface area (Å²) in [5.74, 6) is -4.85. The molecule has 0 rings (SSSR count). The molecular weight excluding hydrogens is 773 g/mol. The molecule has 0 aromatic carbocycles. The van der Waals surface area contributed by atoms with Gasteiger partial charge in [-0.25, -0.2) is 0 Å². The minimum absolute atomic E-state index is 0.0736. The molecule has 0 aromatic heterocycles. The molecule has 60 heavy (non-hydrogen) atoms. The lowest BCUT2D eigenvalue weighted by Gasteiger charge is -2.26. The largest absolute Gasteiger partial charge is 0.481 e. The molecule has 1 unspecified atom stereocenters. The molecule has 0 fully saturated rings. The lowest BCUT2D eigenvalue weighted by atomic mass is 10.0. The van der Waals surface area contributed by atoms with Crippen LogP contribution in [0.15, 0.2) is 4.99 Å². The second-order valence-electron chi connectivity index (χ2n) is 16.0. The number of carbonyl (C=O) groups excluding carboxylic acids is 6. The van der Waals surface area contributed by atoms with E-state index in [4.69, 9.17) is 17.2 Å². The van der Waals surface area contributed by atoms with Crippen molar-refractivity contribution in [3.63, 3.8) is 0 Å². The Labute approximate surface area is 358 Å². The van der Waals surface area contributed by atoms with E-state index in [1.165, 1.54) is 64.8 Å². The number of carboxylic acids is 1. The van der Waals surface area contributed by atoms with E-state index in [-0.39, 0.29) is 56.4 Å². The van der Waals surface area contributed by atoms with Gasteiger partial charge in [0.1, 0.15) is 24.2 Å². The summed E-state index contributed by atoms with van der Waals surface area (Å²) in [6.07, 6.45) is 16.9. The molecule has 6 amide bonds. The number of nitrogens with one attached hydrogen (secondary N) is 6. The molecule has 0 heterocycles. The maximum absolute atomic E-state index is 13.7. The number of nitrogens with zero attached hydrogens (tertiary/aromatic N) is 1. The van der Waals surface area contributed by atoms with Crippen LogP contribution in [0.1, 0.15) is 162 Å². The molecule has 0 saturated heterocycles. The molecule has 0 aliphatic rings. The van der Waals surface area contributed by atoms with Gasteiger partial charge >= 0.3 is 5.97 Å². The lowest BCUT2D eigenvalue weighted by Crippen LogP contribution is -2.57. The Bertz CT molecular complexity index is 1300. The highest BCUT2D eigenvalue weighted by Crippen LogP contribution is 2.14. The number of rotatable bonds is 37.